The molecule has 4 aromatic carbocycles. The Balaban J connectivity index is 0.000000241. The summed E-state index contributed by atoms with van der Waals surface area (Å²) in [5, 5.41) is 10.6. The predicted molar refractivity (Wildman–Crippen MR) is 195 cm³/mol. The number of carbonyl (C=O) groups excluding carboxylic acids is 1. The van der Waals surface area contributed by atoms with Crippen molar-refractivity contribution in [3.63, 3.8) is 0 Å². The molecule has 0 aliphatic carbocycles. The fraction of sp³-hybridized carbons (Fsp3) is 0.146. The molecule has 1 radical (unpaired) electrons. The molecule has 0 unspecified atom stereocenters. The van der Waals surface area contributed by atoms with Gasteiger partial charge in [-0.15, -0.1) is 18.2 Å². The average molecular weight is 887 g/mol. The van der Waals surface area contributed by atoms with Crippen LogP contribution in [-0.2, 0) is 25.0 Å². The molecule has 0 saturated carbocycles. The van der Waals surface area contributed by atoms with Crippen LogP contribution in [0.1, 0.15) is 37.0 Å². The zero-order valence-corrected chi connectivity index (χ0v) is 32.4. The molecule has 1 N–H and O–H groups in total. The molecule has 6 nitrogen and oxygen atoms in total. The first kappa shape index (κ1) is 34.5. The molecule has 249 valence electrons. The van der Waals surface area contributed by atoms with Crippen LogP contribution in [0.25, 0.3) is 55.6 Å². The SMILES string of the molecule is [2H]C(C)(C)c1ccnc(-c2[c-]ccc3c2oc2c(C(=O)OO)cc(-c4ccccc4)cc23)c1.[CH3][Ge]([CH3])([CH3])[c]1ccc(-c2[c-]cccc2)nc1.[Ir]. The van der Waals surface area contributed by atoms with Gasteiger partial charge in [-0.3, -0.25) is 4.89 Å². The van der Waals surface area contributed by atoms with E-state index in [4.69, 9.17) is 11.0 Å². The molecule has 0 bridgehead atoms. The van der Waals surface area contributed by atoms with Crippen molar-refractivity contribution in [1.82, 2.24) is 9.97 Å². The van der Waals surface area contributed by atoms with E-state index in [9.17, 15) is 4.79 Å². The van der Waals surface area contributed by atoms with E-state index in [-0.39, 0.29) is 25.7 Å². The predicted octanol–water partition coefficient (Wildman–Crippen LogP) is 9.96. The van der Waals surface area contributed by atoms with Crippen molar-refractivity contribution in [3.05, 3.63) is 139 Å². The minimum absolute atomic E-state index is 0. The Bertz CT molecular complexity index is 2250. The maximum Gasteiger partial charge on any atom is 0 e. The number of hydrogen-bond donors (Lipinski definition) is 1. The molecule has 0 fully saturated rings. The van der Waals surface area contributed by atoms with E-state index in [2.05, 4.69) is 56.4 Å². The maximum atomic E-state index is 12.4. The van der Waals surface area contributed by atoms with Gasteiger partial charge in [-0.2, -0.15) is 5.26 Å². The second-order valence-corrected chi connectivity index (χ2v) is 23.4. The minimum atomic E-state index is -1.72. The van der Waals surface area contributed by atoms with Gasteiger partial charge in [0.1, 0.15) is 11.1 Å². The number of rotatable bonds is 6. The van der Waals surface area contributed by atoms with Gasteiger partial charge >= 0.3 is 106 Å². The maximum absolute atomic E-state index is 12.4. The van der Waals surface area contributed by atoms with E-state index >= 15 is 0 Å². The third-order valence-corrected chi connectivity index (χ3v) is 12.4. The van der Waals surface area contributed by atoms with Crippen molar-refractivity contribution in [1.29, 1.82) is 0 Å². The largest absolute Gasteiger partial charge is 0 e. The monoisotopic (exact) mass is 888 g/mol. The second-order valence-electron chi connectivity index (χ2n) is 12.7. The fourth-order valence-corrected chi connectivity index (χ4v) is 7.63. The van der Waals surface area contributed by atoms with Crippen molar-refractivity contribution in [3.8, 4) is 33.6 Å². The Morgan fingerprint density at radius 1 is 0.837 bits per heavy atom. The first-order valence-electron chi connectivity index (χ1n) is 16.2. The Morgan fingerprint density at radius 2 is 1.61 bits per heavy atom. The number of benzene rings is 4. The summed E-state index contributed by atoms with van der Waals surface area (Å²) < 4.78 is 16.0. The van der Waals surface area contributed by atoms with Gasteiger partial charge in [0.25, 0.3) is 0 Å². The molecular formula is C41H36GeIrN2O4-2. The Hall–Kier alpha value is -4.40. The van der Waals surface area contributed by atoms with Crippen LogP contribution >= 0.6 is 0 Å². The molecule has 0 aliphatic rings. The second kappa shape index (κ2) is 15.4. The third-order valence-electron chi connectivity index (χ3n) is 8.15. The standard InChI is InChI=1S/C27H20NO4.C14H16GeN.Ir/c1-16(2)18-11-12-28-24(15-18)21-10-6-9-20-22-13-19(17-7-4-3-5-8-17)14-23(27(29)32-30)26(22)31-25(20)21;1-15(2,3)13-9-10-14(16-11-13)12-7-5-4-6-8-12;/h3-9,11-16,30H,1-2H3;4-7,9-11H,1-3H3;/q2*-1;/i16D;;. The summed E-state index contributed by atoms with van der Waals surface area (Å²) in [6, 6.07) is 39.2. The van der Waals surface area contributed by atoms with Crippen LogP contribution in [0, 0.1) is 12.1 Å². The van der Waals surface area contributed by atoms with Gasteiger partial charge in [0, 0.05) is 33.1 Å². The molecule has 0 amide bonds. The molecule has 7 aromatic rings. The molecular weight excluding hydrogens is 849 g/mol. The molecule has 8 heteroatoms. The quantitative estimate of drug-likeness (QED) is 0.0775. The Labute approximate surface area is 304 Å². The molecule has 3 heterocycles. The van der Waals surface area contributed by atoms with Crippen LogP contribution < -0.4 is 4.40 Å². The smallest absolute Gasteiger partial charge is 0 e. The van der Waals surface area contributed by atoms with E-state index in [0.717, 1.165) is 33.3 Å². The summed E-state index contributed by atoms with van der Waals surface area (Å²) in [4.78, 5) is 25.5. The number of aromatic nitrogens is 2. The van der Waals surface area contributed by atoms with E-state index in [0.29, 0.717) is 27.8 Å². The third kappa shape index (κ3) is 7.92. The van der Waals surface area contributed by atoms with Gasteiger partial charge in [0.2, 0.25) is 0 Å². The van der Waals surface area contributed by atoms with E-state index in [1.165, 1.54) is 4.40 Å². The molecule has 3 aromatic heterocycles. The van der Waals surface area contributed by atoms with Gasteiger partial charge in [-0.25, -0.2) is 4.79 Å². The van der Waals surface area contributed by atoms with Crippen LogP contribution in [0.3, 0.4) is 0 Å². The topological polar surface area (TPSA) is 85.5 Å². The number of pyridine rings is 2. The van der Waals surface area contributed by atoms with Crippen LogP contribution in [0.2, 0.25) is 17.3 Å². The van der Waals surface area contributed by atoms with Gasteiger partial charge in [-0.05, 0) is 40.9 Å². The summed E-state index contributed by atoms with van der Waals surface area (Å²) in [7, 11) is 0. The summed E-state index contributed by atoms with van der Waals surface area (Å²) in [6.07, 6.45) is 3.70. The first-order chi connectivity index (χ1) is 23.4. The van der Waals surface area contributed by atoms with Gasteiger partial charge < -0.3 is 9.40 Å². The van der Waals surface area contributed by atoms with Crippen molar-refractivity contribution in [2.24, 2.45) is 0 Å². The molecule has 0 atom stereocenters. The normalized spacial score (nSPS) is 11.7. The van der Waals surface area contributed by atoms with Crippen LogP contribution in [0.4, 0.5) is 0 Å². The Morgan fingerprint density at radius 3 is 2.27 bits per heavy atom. The van der Waals surface area contributed by atoms with E-state index in [1.54, 1.807) is 18.3 Å². The zero-order chi connectivity index (χ0) is 34.8. The number of fused-ring (bicyclic) bond motifs is 3. The Kier molecular flexibility index (Phi) is 10.9. The van der Waals surface area contributed by atoms with Crippen molar-refractivity contribution < 1.29 is 40.8 Å². The van der Waals surface area contributed by atoms with Crippen LogP contribution in [0.15, 0.2) is 120 Å². The molecule has 7 rings (SSSR count). The number of hydrogen-bond acceptors (Lipinski definition) is 6. The summed E-state index contributed by atoms with van der Waals surface area (Å²) >= 11 is -1.72. The van der Waals surface area contributed by atoms with Crippen LogP contribution in [0.5, 0.6) is 0 Å². The van der Waals surface area contributed by atoms with Gasteiger partial charge in [0.05, 0.1) is 5.58 Å². The molecule has 0 saturated heterocycles. The summed E-state index contributed by atoms with van der Waals surface area (Å²) in [6.45, 7) is 3.63. The average Bonchev–Trinajstić information content (AvgIpc) is 3.50. The minimum Gasteiger partial charge on any atom is 0 e. The molecule has 0 spiro atoms. The zero-order valence-electron chi connectivity index (χ0n) is 28.9. The van der Waals surface area contributed by atoms with Crippen molar-refractivity contribution in [2.75, 3.05) is 0 Å². The summed E-state index contributed by atoms with van der Waals surface area (Å²) in [5.74, 6) is 5.45. The van der Waals surface area contributed by atoms with E-state index < -0.39 is 25.1 Å². The van der Waals surface area contributed by atoms with Gasteiger partial charge in [0.15, 0.2) is 0 Å². The number of furan rings is 1. The van der Waals surface area contributed by atoms with Gasteiger partial charge in [-0.1, -0.05) is 66.8 Å². The number of carbonyl (C=O) groups is 1. The van der Waals surface area contributed by atoms with Crippen molar-refractivity contribution in [2.45, 2.75) is 37.0 Å². The van der Waals surface area contributed by atoms with E-state index in [1.807, 2.05) is 98.9 Å². The van der Waals surface area contributed by atoms with Crippen LogP contribution in [-0.4, -0.2) is 34.5 Å². The first-order valence-corrected chi connectivity index (χ1v) is 23.0. The fourth-order valence-electron chi connectivity index (χ4n) is 5.46. The number of nitrogens with zero attached hydrogens (tertiary/aromatic N) is 2. The van der Waals surface area contributed by atoms with Crippen molar-refractivity contribution >= 4 is 45.6 Å². The molecule has 0 aliphatic heterocycles. The molecule has 49 heavy (non-hydrogen) atoms. The summed E-state index contributed by atoms with van der Waals surface area (Å²) in [5.41, 5.74) is 6.76.